The van der Waals surface area contributed by atoms with E-state index in [1.54, 1.807) is 7.11 Å². The molecule has 0 heterocycles. The number of hydrogen-bond acceptors (Lipinski definition) is 2. The van der Waals surface area contributed by atoms with Crippen LogP contribution in [0, 0.1) is 11.8 Å². The molecule has 2 N–H and O–H groups in total. The maximum Gasteiger partial charge on any atom is 0.134 e. The van der Waals surface area contributed by atoms with Gasteiger partial charge in [-0.1, -0.05) is 43.2 Å². The molecule has 1 aliphatic rings. The van der Waals surface area contributed by atoms with Gasteiger partial charge in [-0.15, -0.1) is 0 Å². The van der Waals surface area contributed by atoms with Crippen molar-refractivity contribution in [2.75, 3.05) is 7.11 Å². The summed E-state index contributed by atoms with van der Waals surface area (Å²) >= 11 is 0. The first-order chi connectivity index (χ1) is 8.23. The van der Waals surface area contributed by atoms with E-state index in [4.69, 9.17) is 10.5 Å². The number of rotatable bonds is 1. The van der Waals surface area contributed by atoms with Crippen LogP contribution in [0.5, 0.6) is 5.75 Å². The first-order valence-electron chi connectivity index (χ1n) is 6.19. The van der Waals surface area contributed by atoms with Crippen molar-refractivity contribution in [2.24, 2.45) is 5.73 Å². The summed E-state index contributed by atoms with van der Waals surface area (Å²) in [5.41, 5.74) is 6.91. The van der Waals surface area contributed by atoms with Crippen molar-refractivity contribution in [1.82, 2.24) is 0 Å². The van der Waals surface area contributed by atoms with Gasteiger partial charge in [0.25, 0.3) is 0 Å². The van der Waals surface area contributed by atoms with Crippen LogP contribution in [-0.2, 0) is 0 Å². The van der Waals surface area contributed by atoms with Gasteiger partial charge >= 0.3 is 0 Å². The summed E-state index contributed by atoms with van der Waals surface area (Å²) in [7, 11) is 1.67. The van der Waals surface area contributed by atoms with Gasteiger partial charge in [-0.25, -0.2) is 0 Å². The minimum Gasteiger partial charge on any atom is -0.495 e. The molecule has 2 heteroatoms. The number of ether oxygens (including phenoxy) is 1. The Labute approximate surface area is 103 Å². The second-order valence-corrected chi connectivity index (χ2v) is 4.67. The Morgan fingerprint density at radius 1 is 1.18 bits per heavy atom. The molecule has 1 aromatic rings. The summed E-state index contributed by atoms with van der Waals surface area (Å²) < 4.78 is 5.27. The van der Waals surface area contributed by atoms with Crippen LogP contribution in [0.2, 0.25) is 0 Å². The normalized spacial score (nSPS) is 18.0. The van der Waals surface area contributed by atoms with Crippen molar-refractivity contribution < 1.29 is 4.74 Å². The molecule has 90 valence electrons. The molecule has 2 rings (SSSR count). The van der Waals surface area contributed by atoms with Crippen molar-refractivity contribution in [3.8, 4) is 17.6 Å². The van der Waals surface area contributed by atoms with Gasteiger partial charge in [0, 0.05) is 0 Å². The Morgan fingerprint density at radius 3 is 2.59 bits per heavy atom. The first kappa shape index (κ1) is 12.0. The number of benzene rings is 1. The monoisotopic (exact) mass is 229 g/mol. The van der Waals surface area contributed by atoms with Crippen molar-refractivity contribution in [1.29, 1.82) is 0 Å². The van der Waals surface area contributed by atoms with E-state index in [0.29, 0.717) is 0 Å². The largest absolute Gasteiger partial charge is 0.495 e. The van der Waals surface area contributed by atoms with Gasteiger partial charge in [-0.3, -0.25) is 0 Å². The lowest BCUT2D eigenvalue weighted by Crippen LogP contribution is -2.40. The lowest BCUT2D eigenvalue weighted by Gasteiger charge is -2.27. The predicted molar refractivity (Wildman–Crippen MR) is 69.9 cm³/mol. The van der Waals surface area contributed by atoms with Crippen LogP contribution >= 0.6 is 0 Å². The van der Waals surface area contributed by atoms with Crippen LogP contribution in [0.3, 0.4) is 0 Å². The molecule has 1 saturated carbocycles. The highest BCUT2D eigenvalue weighted by molar-refractivity contribution is 5.47. The van der Waals surface area contributed by atoms with E-state index in [1.165, 1.54) is 19.3 Å². The standard InChI is InChI=1S/C15H19NO/c1-17-14-8-4-3-7-13(14)9-12-15(16)10-5-2-6-11-15/h3-4,7-8H,2,5-6,10-11,16H2,1H3. The average molecular weight is 229 g/mol. The summed E-state index contributed by atoms with van der Waals surface area (Å²) in [6.07, 6.45) is 5.69. The molecule has 17 heavy (non-hydrogen) atoms. The van der Waals surface area contributed by atoms with Crippen LogP contribution in [-0.4, -0.2) is 12.6 Å². The van der Waals surface area contributed by atoms with Crippen molar-refractivity contribution >= 4 is 0 Å². The second kappa shape index (κ2) is 5.25. The van der Waals surface area contributed by atoms with E-state index < -0.39 is 0 Å². The molecule has 0 aliphatic heterocycles. The van der Waals surface area contributed by atoms with Crippen LogP contribution < -0.4 is 10.5 Å². The molecular formula is C15H19NO. The third kappa shape index (κ3) is 3.01. The van der Waals surface area contributed by atoms with Gasteiger partial charge in [0.2, 0.25) is 0 Å². The van der Waals surface area contributed by atoms with Crippen LogP contribution in [0.1, 0.15) is 37.7 Å². The Bertz CT molecular complexity index is 436. The highest BCUT2D eigenvalue weighted by atomic mass is 16.5. The topological polar surface area (TPSA) is 35.2 Å². The van der Waals surface area contributed by atoms with Gasteiger partial charge < -0.3 is 10.5 Å². The minimum absolute atomic E-state index is 0.293. The summed E-state index contributed by atoms with van der Waals surface area (Å²) in [4.78, 5) is 0. The Morgan fingerprint density at radius 2 is 1.88 bits per heavy atom. The van der Waals surface area contributed by atoms with Crippen LogP contribution in [0.25, 0.3) is 0 Å². The van der Waals surface area contributed by atoms with Gasteiger partial charge in [-0.2, -0.15) is 0 Å². The van der Waals surface area contributed by atoms with Crippen molar-refractivity contribution in [3.63, 3.8) is 0 Å². The van der Waals surface area contributed by atoms with Crippen molar-refractivity contribution in [2.45, 2.75) is 37.6 Å². The summed E-state index contributed by atoms with van der Waals surface area (Å²) in [5, 5.41) is 0. The lowest BCUT2D eigenvalue weighted by atomic mass is 9.83. The van der Waals surface area contributed by atoms with Gasteiger partial charge in [-0.05, 0) is 25.0 Å². The van der Waals surface area contributed by atoms with Crippen LogP contribution in [0.4, 0.5) is 0 Å². The molecule has 1 aliphatic carbocycles. The maximum absolute atomic E-state index is 6.28. The van der Waals surface area contributed by atoms with Gasteiger partial charge in [0.1, 0.15) is 5.75 Å². The fourth-order valence-corrected chi connectivity index (χ4v) is 2.25. The summed E-state index contributed by atoms with van der Waals surface area (Å²) in [6, 6.07) is 7.81. The number of methoxy groups -OCH3 is 1. The third-order valence-electron chi connectivity index (χ3n) is 3.30. The molecule has 2 nitrogen and oxygen atoms in total. The molecule has 0 bridgehead atoms. The molecule has 0 amide bonds. The molecule has 0 atom stereocenters. The molecule has 1 fully saturated rings. The smallest absolute Gasteiger partial charge is 0.134 e. The lowest BCUT2D eigenvalue weighted by molar-refractivity contribution is 0.370. The fraction of sp³-hybridized carbons (Fsp3) is 0.467. The van der Waals surface area contributed by atoms with E-state index in [1.807, 2.05) is 24.3 Å². The third-order valence-corrected chi connectivity index (χ3v) is 3.30. The van der Waals surface area contributed by atoms with Crippen LogP contribution in [0.15, 0.2) is 24.3 Å². The van der Waals surface area contributed by atoms with Gasteiger partial charge in [0.05, 0.1) is 18.2 Å². The zero-order chi connectivity index (χ0) is 12.1. The molecular weight excluding hydrogens is 210 g/mol. The Balaban J connectivity index is 2.20. The summed E-state index contributed by atoms with van der Waals surface area (Å²) in [5.74, 6) is 7.23. The Kier molecular flexibility index (Phi) is 3.71. The molecule has 0 spiro atoms. The maximum atomic E-state index is 6.28. The number of hydrogen-bond donors (Lipinski definition) is 1. The molecule has 0 radical (unpaired) electrons. The second-order valence-electron chi connectivity index (χ2n) is 4.67. The van der Waals surface area contributed by atoms with E-state index in [2.05, 4.69) is 11.8 Å². The van der Waals surface area contributed by atoms with Gasteiger partial charge in [0.15, 0.2) is 0 Å². The van der Waals surface area contributed by atoms with E-state index in [0.717, 1.165) is 24.2 Å². The fourth-order valence-electron chi connectivity index (χ4n) is 2.25. The zero-order valence-electron chi connectivity index (χ0n) is 10.3. The minimum atomic E-state index is -0.293. The zero-order valence-corrected chi connectivity index (χ0v) is 10.3. The van der Waals surface area contributed by atoms with Crippen molar-refractivity contribution in [3.05, 3.63) is 29.8 Å². The Hall–Kier alpha value is -1.46. The molecule has 0 saturated heterocycles. The predicted octanol–water partition coefficient (Wildman–Crippen LogP) is 2.71. The molecule has 0 aromatic heterocycles. The van der Waals surface area contributed by atoms with E-state index in [9.17, 15) is 0 Å². The summed E-state index contributed by atoms with van der Waals surface area (Å²) in [6.45, 7) is 0. The number of para-hydroxylation sites is 1. The molecule has 1 aromatic carbocycles. The molecule has 0 unspecified atom stereocenters. The first-order valence-corrected chi connectivity index (χ1v) is 6.19. The van der Waals surface area contributed by atoms with E-state index >= 15 is 0 Å². The quantitative estimate of drug-likeness (QED) is 0.751. The highest BCUT2D eigenvalue weighted by Gasteiger charge is 2.24. The average Bonchev–Trinajstić information content (AvgIpc) is 2.38. The number of nitrogens with two attached hydrogens (primary N) is 1. The SMILES string of the molecule is COc1ccccc1C#CC1(N)CCCCC1. The van der Waals surface area contributed by atoms with E-state index in [-0.39, 0.29) is 5.54 Å². The highest BCUT2D eigenvalue weighted by Crippen LogP contribution is 2.25.